The summed E-state index contributed by atoms with van der Waals surface area (Å²) in [6.45, 7) is 9.46. The van der Waals surface area contributed by atoms with Crippen LogP contribution in [0, 0.1) is 5.92 Å². The number of rotatable bonds is 2. The van der Waals surface area contributed by atoms with Gasteiger partial charge in [0, 0.05) is 45.2 Å². The van der Waals surface area contributed by atoms with Crippen LogP contribution in [0.15, 0.2) is 0 Å². The van der Waals surface area contributed by atoms with Crippen molar-refractivity contribution in [3.63, 3.8) is 0 Å². The Kier molecular flexibility index (Phi) is 3.84. The molecule has 0 radical (unpaired) electrons. The molecule has 2 saturated heterocycles. The largest absolute Gasteiger partial charge is 0.324 e. The number of fused-ring (bicyclic) bond motifs is 1. The molecule has 114 valence electrons. The fraction of sp³-hybridized carbons (Fsp3) is 0.857. The summed E-state index contributed by atoms with van der Waals surface area (Å²) in [7, 11) is 3.66. The van der Waals surface area contributed by atoms with Crippen molar-refractivity contribution >= 4 is 12.1 Å². The predicted molar refractivity (Wildman–Crippen MR) is 77.3 cm³/mol. The molecule has 4 amide bonds. The van der Waals surface area contributed by atoms with E-state index in [1.165, 1.54) is 0 Å². The molecule has 2 fully saturated rings. The Morgan fingerprint density at radius 2 is 1.35 bits per heavy atom. The highest BCUT2D eigenvalue weighted by molar-refractivity contribution is 5.80. The van der Waals surface area contributed by atoms with E-state index >= 15 is 0 Å². The summed E-state index contributed by atoms with van der Waals surface area (Å²) in [5.41, 5.74) is 0. The highest BCUT2D eigenvalue weighted by Gasteiger charge is 2.53. The van der Waals surface area contributed by atoms with Crippen LogP contribution < -0.4 is 0 Å². The Bertz CT molecular complexity index is 414. The third kappa shape index (κ3) is 1.84. The van der Waals surface area contributed by atoms with Gasteiger partial charge in [-0.25, -0.2) is 9.59 Å². The average molecular weight is 282 g/mol. The van der Waals surface area contributed by atoms with Gasteiger partial charge in [0.1, 0.15) is 6.17 Å². The summed E-state index contributed by atoms with van der Waals surface area (Å²) < 4.78 is 0. The van der Waals surface area contributed by atoms with Gasteiger partial charge in [0.15, 0.2) is 0 Å². The maximum atomic E-state index is 12.5. The lowest BCUT2D eigenvalue weighted by molar-refractivity contribution is -0.0704. The summed E-state index contributed by atoms with van der Waals surface area (Å²) in [5, 5.41) is 0. The summed E-state index contributed by atoms with van der Waals surface area (Å²) in [6, 6.07) is 0.283. The van der Waals surface area contributed by atoms with Gasteiger partial charge < -0.3 is 19.6 Å². The maximum Gasteiger partial charge on any atom is 0.321 e. The molecule has 2 aliphatic rings. The zero-order chi connectivity index (χ0) is 15.2. The number of amides is 4. The molecular weight excluding hydrogens is 256 g/mol. The van der Waals surface area contributed by atoms with Gasteiger partial charge in [0.05, 0.1) is 0 Å². The quantitative estimate of drug-likeness (QED) is 0.770. The first-order valence-electron chi connectivity index (χ1n) is 7.43. The lowest BCUT2D eigenvalue weighted by atomic mass is 9.83. The van der Waals surface area contributed by atoms with Crippen LogP contribution in [0.5, 0.6) is 0 Å². The van der Waals surface area contributed by atoms with E-state index in [0.29, 0.717) is 13.1 Å². The van der Waals surface area contributed by atoms with E-state index in [4.69, 9.17) is 0 Å². The molecule has 0 bridgehead atoms. The van der Waals surface area contributed by atoms with Crippen molar-refractivity contribution in [2.24, 2.45) is 5.92 Å². The van der Waals surface area contributed by atoms with Gasteiger partial charge in [-0.1, -0.05) is 0 Å². The molecule has 0 unspecified atom stereocenters. The first-order chi connectivity index (χ1) is 9.36. The van der Waals surface area contributed by atoms with E-state index in [1.54, 1.807) is 9.80 Å². The van der Waals surface area contributed by atoms with Crippen LogP contribution in [0.25, 0.3) is 0 Å². The highest BCUT2D eigenvalue weighted by Crippen LogP contribution is 2.36. The molecule has 0 aliphatic carbocycles. The maximum absolute atomic E-state index is 12.5. The Morgan fingerprint density at radius 1 is 0.850 bits per heavy atom. The van der Waals surface area contributed by atoms with Crippen LogP contribution in [-0.4, -0.2) is 77.1 Å². The van der Waals surface area contributed by atoms with Crippen LogP contribution in [0.2, 0.25) is 0 Å². The molecule has 0 spiro atoms. The number of urea groups is 2. The van der Waals surface area contributed by atoms with Gasteiger partial charge >= 0.3 is 12.1 Å². The van der Waals surface area contributed by atoms with Crippen molar-refractivity contribution in [3.8, 4) is 0 Å². The van der Waals surface area contributed by atoms with E-state index in [9.17, 15) is 9.59 Å². The van der Waals surface area contributed by atoms with Crippen molar-refractivity contribution in [1.82, 2.24) is 19.6 Å². The van der Waals surface area contributed by atoms with Crippen LogP contribution >= 0.6 is 0 Å². The SMILES string of the molecule is CCN1C(=O)N(C)[C@@H]2[C@H]([C@@H](C)N(C)C(=O)N2CC)[C@H]1C. The average Bonchev–Trinajstić information content (AvgIpc) is 2.42. The fourth-order valence-corrected chi connectivity index (χ4v) is 3.77. The fourth-order valence-electron chi connectivity index (χ4n) is 3.77. The second-order valence-corrected chi connectivity index (χ2v) is 5.83. The lowest BCUT2D eigenvalue weighted by Crippen LogP contribution is -2.74. The summed E-state index contributed by atoms with van der Waals surface area (Å²) in [4.78, 5) is 32.2. The van der Waals surface area contributed by atoms with Crippen molar-refractivity contribution < 1.29 is 9.59 Å². The smallest absolute Gasteiger partial charge is 0.321 e. The topological polar surface area (TPSA) is 47.1 Å². The van der Waals surface area contributed by atoms with Crippen molar-refractivity contribution in [3.05, 3.63) is 0 Å². The van der Waals surface area contributed by atoms with E-state index in [-0.39, 0.29) is 36.2 Å². The van der Waals surface area contributed by atoms with Gasteiger partial charge in [-0.2, -0.15) is 0 Å². The number of hydrogen-bond acceptors (Lipinski definition) is 2. The third-order valence-electron chi connectivity index (χ3n) is 5.05. The monoisotopic (exact) mass is 282 g/mol. The summed E-state index contributed by atoms with van der Waals surface area (Å²) in [5.74, 6) is 0.236. The second kappa shape index (κ2) is 5.14. The number of carbonyl (C=O) groups excluding carboxylic acids is 2. The molecule has 2 aliphatic heterocycles. The number of nitrogens with zero attached hydrogens (tertiary/aromatic N) is 4. The van der Waals surface area contributed by atoms with Gasteiger partial charge in [-0.15, -0.1) is 0 Å². The van der Waals surface area contributed by atoms with E-state index in [2.05, 4.69) is 13.8 Å². The van der Waals surface area contributed by atoms with Gasteiger partial charge in [0.25, 0.3) is 0 Å². The molecule has 0 aromatic carbocycles. The molecule has 0 aromatic heterocycles. The van der Waals surface area contributed by atoms with E-state index in [0.717, 1.165) is 0 Å². The second-order valence-electron chi connectivity index (χ2n) is 5.83. The minimum atomic E-state index is -0.135. The molecule has 2 heterocycles. The number of hydrogen-bond donors (Lipinski definition) is 0. The molecular formula is C14H26N4O2. The van der Waals surface area contributed by atoms with Gasteiger partial charge in [-0.05, 0) is 27.7 Å². The predicted octanol–water partition coefficient (Wildman–Crippen LogP) is 1.48. The van der Waals surface area contributed by atoms with Crippen LogP contribution in [0.4, 0.5) is 9.59 Å². The number of carbonyl (C=O) groups is 2. The zero-order valence-electron chi connectivity index (χ0n) is 13.3. The summed E-state index contributed by atoms with van der Waals surface area (Å²) >= 11 is 0. The first-order valence-corrected chi connectivity index (χ1v) is 7.43. The Labute approximate surface area is 121 Å². The molecule has 6 heteroatoms. The first kappa shape index (κ1) is 14.9. The van der Waals surface area contributed by atoms with E-state index in [1.807, 2.05) is 37.7 Å². The van der Waals surface area contributed by atoms with Gasteiger partial charge in [0.2, 0.25) is 0 Å². The molecule has 2 rings (SSSR count). The lowest BCUT2D eigenvalue weighted by Gasteiger charge is -2.58. The Balaban J connectivity index is 2.45. The molecule has 0 N–H and O–H groups in total. The van der Waals surface area contributed by atoms with Gasteiger partial charge in [-0.3, -0.25) is 0 Å². The molecule has 4 atom stereocenters. The Morgan fingerprint density at radius 3 is 1.85 bits per heavy atom. The summed E-state index contributed by atoms with van der Waals surface area (Å²) in [6.07, 6.45) is -0.135. The van der Waals surface area contributed by atoms with Crippen LogP contribution in [0.1, 0.15) is 27.7 Å². The Hall–Kier alpha value is -1.46. The molecule has 0 aromatic rings. The highest BCUT2D eigenvalue weighted by atomic mass is 16.2. The minimum Gasteiger partial charge on any atom is -0.324 e. The standard InChI is InChI=1S/C14H26N4O2/c1-7-17-10(4)11-9(3)15(5)13(19)18(8-2)12(11)16(6)14(17)20/h9-12H,7-8H2,1-6H3/t9-,10-,11-,12+/m1/s1. The van der Waals surface area contributed by atoms with Crippen molar-refractivity contribution in [1.29, 1.82) is 0 Å². The van der Waals surface area contributed by atoms with Crippen molar-refractivity contribution in [2.75, 3.05) is 27.2 Å². The van der Waals surface area contributed by atoms with E-state index < -0.39 is 0 Å². The third-order valence-corrected chi connectivity index (χ3v) is 5.05. The van der Waals surface area contributed by atoms with Crippen molar-refractivity contribution in [2.45, 2.75) is 45.9 Å². The molecule has 0 saturated carbocycles. The zero-order valence-corrected chi connectivity index (χ0v) is 13.3. The molecule has 6 nitrogen and oxygen atoms in total. The van der Waals surface area contributed by atoms with Crippen LogP contribution in [0.3, 0.4) is 0 Å². The van der Waals surface area contributed by atoms with Crippen LogP contribution in [-0.2, 0) is 0 Å². The minimum absolute atomic E-state index is 0.0121. The normalized spacial score (nSPS) is 34.7. The molecule has 20 heavy (non-hydrogen) atoms.